The van der Waals surface area contributed by atoms with E-state index in [1.165, 1.54) is 25.0 Å². The van der Waals surface area contributed by atoms with Crippen molar-refractivity contribution in [1.82, 2.24) is 19.9 Å². The number of hydrogen-bond acceptors (Lipinski definition) is 5. The Balaban J connectivity index is 1.61. The molecule has 1 saturated carbocycles. The van der Waals surface area contributed by atoms with E-state index in [-0.39, 0.29) is 5.54 Å². The second-order valence-electron chi connectivity index (χ2n) is 7.62. The minimum Gasteiger partial charge on any atom is -0.399 e. The van der Waals surface area contributed by atoms with E-state index < -0.39 is 0 Å². The average Bonchev–Trinajstić information content (AvgIpc) is 3.06. The summed E-state index contributed by atoms with van der Waals surface area (Å²) in [6, 6.07) is 9.81. The molecular formula is C21H24N6. The second kappa shape index (κ2) is 6.01. The summed E-state index contributed by atoms with van der Waals surface area (Å²) in [6.45, 7) is 5.16. The van der Waals surface area contributed by atoms with Gasteiger partial charge in [-0.1, -0.05) is 25.8 Å². The van der Waals surface area contributed by atoms with Gasteiger partial charge in [-0.3, -0.25) is 0 Å². The van der Waals surface area contributed by atoms with E-state index in [0.717, 1.165) is 47.5 Å². The van der Waals surface area contributed by atoms with Crippen LogP contribution in [0, 0.1) is 0 Å². The maximum atomic E-state index is 5.77. The second-order valence-corrected chi connectivity index (χ2v) is 7.62. The van der Waals surface area contributed by atoms with Crippen LogP contribution in [-0.4, -0.2) is 14.5 Å². The number of fused-ring (bicyclic) bond motifs is 4. The molecule has 2 aromatic heterocycles. The molecule has 0 amide bonds. The molecule has 0 atom stereocenters. The molecule has 5 rings (SSSR count). The molecule has 0 unspecified atom stereocenters. The molecule has 0 radical (unpaired) electrons. The largest absolute Gasteiger partial charge is 0.399 e. The van der Waals surface area contributed by atoms with Crippen molar-refractivity contribution < 1.29 is 0 Å². The van der Waals surface area contributed by atoms with Crippen LogP contribution in [0.15, 0.2) is 48.8 Å². The van der Waals surface area contributed by atoms with E-state index in [1.54, 1.807) is 0 Å². The quantitative estimate of drug-likeness (QED) is 0.601. The maximum Gasteiger partial charge on any atom is 0.229 e. The van der Waals surface area contributed by atoms with Crippen LogP contribution < -0.4 is 16.4 Å². The molecule has 27 heavy (non-hydrogen) atoms. The minimum atomic E-state index is -0.0690. The number of nitrogens with two attached hydrogens (primary N) is 1. The van der Waals surface area contributed by atoms with Gasteiger partial charge in [0.15, 0.2) is 0 Å². The van der Waals surface area contributed by atoms with Gasteiger partial charge in [-0.25, -0.2) is 4.98 Å². The molecule has 0 saturated heterocycles. The lowest BCUT2D eigenvalue weighted by atomic mass is 9.78. The van der Waals surface area contributed by atoms with E-state index in [0.29, 0.717) is 5.95 Å². The Kier molecular flexibility index (Phi) is 3.60. The highest BCUT2D eigenvalue weighted by molar-refractivity contribution is 5.79. The molecule has 4 N–H and O–H groups in total. The molecular weight excluding hydrogens is 336 g/mol. The molecule has 3 aromatic rings. The van der Waals surface area contributed by atoms with Crippen molar-refractivity contribution in [3.05, 3.63) is 54.5 Å². The predicted octanol–water partition coefficient (Wildman–Crippen LogP) is 4.03. The van der Waals surface area contributed by atoms with Crippen LogP contribution >= 0.6 is 0 Å². The van der Waals surface area contributed by atoms with Crippen molar-refractivity contribution in [3.63, 3.8) is 0 Å². The van der Waals surface area contributed by atoms with Crippen LogP contribution in [0.3, 0.4) is 0 Å². The van der Waals surface area contributed by atoms with Gasteiger partial charge in [0.1, 0.15) is 5.65 Å². The fourth-order valence-corrected chi connectivity index (χ4v) is 4.57. The number of allylic oxidation sites excluding steroid dienone is 1. The van der Waals surface area contributed by atoms with E-state index >= 15 is 0 Å². The van der Waals surface area contributed by atoms with Crippen LogP contribution in [0.2, 0.25) is 0 Å². The predicted molar refractivity (Wildman–Crippen MR) is 109 cm³/mol. The molecule has 1 aliphatic carbocycles. The van der Waals surface area contributed by atoms with Crippen molar-refractivity contribution >= 4 is 28.4 Å². The standard InChI is InChI=1S/C21H24N6/c1-14-21(9-3-2-4-10-21)27-18(13-23-14)11-15-12-24-20(26-19(15)27)25-17-7-5-16(22)6-8-17/h5-8,11-12,23H,1-4,9-10,13,22H2,(H,24,25,26). The van der Waals surface area contributed by atoms with Gasteiger partial charge in [0.25, 0.3) is 0 Å². The van der Waals surface area contributed by atoms with Crippen molar-refractivity contribution in [1.29, 1.82) is 0 Å². The minimum absolute atomic E-state index is 0.0690. The summed E-state index contributed by atoms with van der Waals surface area (Å²) in [5.74, 6) is 0.600. The molecule has 2 aliphatic rings. The van der Waals surface area contributed by atoms with Crippen molar-refractivity contribution in [2.75, 3.05) is 11.1 Å². The number of nitrogen functional groups attached to an aromatic ring is 1. The van der Waals surface area contributed by atoms with E-state index in [2.05, 4.69) is 32.8 Å². The van der Waals surface area contributed by atoms with E-state index in [1.807, 2.05) is 30.5 Å². The smallest absolute Gasteiger partial charge is 0.229 e. The van der Waals surface area contributed by atoms with Crippen LogP contribution in [-0.2, 0) is 12.1 Å². The van der Waals surface area contributed by atoms with Gasteiger partial charge in [-0.15, -0.1) is 0 Å². The molecule has 6 nitrogen and oxygen atoms in total. The normalized spacial score (nSPS) is 18.3. The van der Waals surface area contributed by atoms with Gasteiger partial charge in [0.05, 0.1) is 12.1 Å². The zero-order chi connectivity index (χ0) is 18.4. The summed E-state index contributed by atoms with van der Waals surface area (Å²) in [6.07, 6.45) is 7.87. The molecule has 6 heteroatoms. The van der Waals surface area contributed by atoms with E-state index in [9.17, 15) is 0 Å². The molecule has 1 aromatic carbocycles. The Morgan fingerprint density at radius 3 is 2.70 bits per heavy atom. The Labute approximate surface area is 158 Å². The number of rotatable bonds is 2. The molecule has 1 aliphatic heterocycles. The molecule has 0 bridgehead atoms. The highest BCUT2D eigenvalue weighted by atomic mass is 15.2. The summed E-state index contributed by atoms with van der Waals surface area (Å²) in [4.78, 5) is 9.40. The molecule has 138 valence electrons. The van der Waals surface area contributed by atoms with Crippen LogP contribution in [0.4, 0.5) is 17.3 Å². The summed E-state index contributed by atoms with van der Waals surface area (Å²) >= 11 is 0. The van der Waals surface area contributed by atoms with Gasteiger partial charge in [0, 0.05) is 34.3 Å². The fourth-order valence-electron chi connectivity index (χ4n) is 4.57. The Hall–Kier alpha value is -3.02. The zero-order valence-electron chi connectivity index (χ0n) is 15.3. The Morgan fingerprint density at radius 2 is 1.93 bits per heavy atom. The van der Waals surface area contributed by atoms with Crippen molar-refractivity contribution in [3.8, 4) is 0 Å². The number of nitrogens with zero attached hydrogens (tertiary/aromatic N) is 3. The van der Waals surface area contributed by atoms with Crippen LogP contribution in [0.1, 0.15) is 37.8 Å². The topological polar surface area (TPSA) is 80.8 Å². The van der Waals surface area contributed by atoms with Gasteiger partial charge >= 0.3 is 0 Å². The lowest BCUT2D eigenvalue weighted by Gasteiger charge is -2.45. The third kappa shape index (κ3) is 2.55. The molecule has 1 fully saturated rings. The maximum absolute atomic E-state index is 5.77. The lowest BCUT2D eigenvalue weighted by molar-refractivity contribution is 0.213. The summed E-state index contributed by atoms with van der Waals surface area (Å²) in [5.41, 5.74) is 10.7. The number of hydrogen-bond donors (Lipinski definition) is 3. The number of aromatic nitrogens is 3. The monoisotopic (exact) mass is 360 g/mol. The lowest BCUT2D eigenvalue weighted by Crippen LogP contribution is -2.47. The summed E-state index contributed by atoms with van der Waals surface area (Å²) in [5, 5.41) is 7.90. The number of benzene rings is 1. The number of nitrogens with one attached hydrogen (secondary N) is 2. The van der Waals surface area contributed by atoms with Gasteiger partial charge in [0.2, 0.25) is 5.95 Å². The van der Waals surface area contributed by atoms with E-state index in [4.69, 9.17) is 10.7 Å². The SMILES string of the molecule is C=C1NCc2cc3cnc(Nc4ccc(N)cc4)nc3n2C12CCCCC2. The third-order valence-electron chi connectivity index (χ3n) is 5.94. The first kappa shape index (κ1) is 16.2. The zero-order valence-corrected chi connectivity index (χ0v) is 15.3. The molecule has 3 heterocycles. The third-order valence-corrected chi connectivity index (χ3v) is 5.94. The van der Waals surface area contributed by atoms with Crippen molar-refractivity contribution in [2.24, 2.45) is 0 Å². The molecule has 1 spiro atoms. The first-order valence-electron chi connectivity index (χ1n) is 9.59. The fraction of sp³-hybridized carbons (Fsp3) is 0.333. The Morgan fingerprint density at radius 1 is 1.15 bits per heavy atom. The average molecular weight is 360 g/mol. The van der Waals surface area contributed by atoms with Gasteiger partial charge in [-0.2, -0.15) is 4.98 Å². The highest BCUT2D eigenvalue weighted by Gasteiger charge is 2.41. The highest BCUT2D eigenvalue weighted by Crippen LogP contribution is 2.44. The first-order chi connectivity index (χ1) is 13.2. The van der Waals surface area contributed by atoms with Crippen molar-refractivity contribution in [2.45, 2.75) is 44.2 Å². The Bertz CT molecular complexity index is 1010. The van der Waals surface area contributed by atoms with Crippen LogP contribution in [0.25, 0.3) is 11.0 Å². The number of anilines is 3. The first-order valence-corrected chi connectivity index (χ1v) is 9.59. The van der Waals surface area contributed by atoms with Gasteiger partial charge < -0.3 is 20.9 Å². The van der Waals surface area contributed by atoms with Crippen LogP contribution in [0.5, 0.6) is 0 Å². The summed E-state index contributed by atoms with van der Waals surface area (Å²) in [7, 11) is 0. The van der Waals surface area contributed by atoms with Gasteiger partial charge in [-0.05, 0) is 43.2 Å². The summed E-state index contributed by atoms with van der Waals surface area (Å²) < 4.78 is 2.43.